The molecule has 2 aromatic rings. The van der Waals surface area contributed by atoms with Crippen LogP contribution in [0.15, 0.2) is 41.4 Å². The van der Waals surface area contributed by atoms with Gasteiger partial charge in [0, 0.05) is 32.4 Å². The summed E-state index contributed by atoms with van der Waals surface area (Å²) in [6, 6.07) is 12.0. The minimum Gasteiger partial charge on any atom is -0.494 e. The standard InChI is InChI=1S/C19H29N5O.HI/c1-16-15-17(2)24(23-16)13-7-11-21-19(20-3)22-12-8-14-25-18-9-5-4-6-10-18;/h4-6,9-10,15H,7-8,11-14H2,1-3H3,(H2,20,21,22);1H. The van der Waals surface area contributed by atoms with Gasteiger partial charge in [0.25, 0.3) is 0 Å². The predicted molar refractivity (Wildman–Crippen MR) is 118 cm³/mol. The first-order valence-electron chi connectivity index (χ1n) is 8.82. The zero-order valence-electron chi connectivity index (χ0n) is 15.9. The van der Waals surface area contributed by atoms with Crippen LogP contribution in [0.2, 0.25) is 0 Å². The largest absolute Gasteiger partial charge is 0.494 e. The zero-order chi connectivity index (χ0) is 17.9. The second kappa shape index (κ2) is 12.6. The summed E-state index contributed by atoms with van der Waals surface area (Å²) in [6.07, 6.45) is 1.92. The van der Waals surface area contributed by atoms with E-state index in [1.54, 1.807) is 7.05 Å². The first-order chi connectivity index (χ1) is 12.2. The molecule has 0 aliphatic rings. The summed E-state index contributed by atoms with van der Waals surface area (Å²) in [5.41, 5.74) is 2.28. The van der Waals surface area contributed by atoms with Crippen molar-refractivity contribution in [1.29, 1.82) is 0 Å². The topological polar surface area (TPSA) is 63.5 Å². The van der Waals surface area contributed by atoms with Crippen LogP contribution in [-0.4, -0.2) is 42.5 Å². The molecule has 2 rings (SSSR count). The highest BCUT2D eigenvalue weighted by atomic mass is 127. The molecule has 0 saturated carbocycles. The molecule has 0 radical (unpaired) electrons. The van der Waals surface area contributed by atoms with Crippen molar-refractivity contribution in [2.75, 3.05) is 26.7 Å². The molecular weight excluding hydrogens is 441 g/mol. The SMILES string of the molecule is CN=C(NCCCOc1ccccc1)NCCCn1nc(C)cc1C.I. The molecule has 0 aliphatic heterocycles. The number of halogens is 1. The molecule has 0 atom stereocenters. The Bertz CT molecular complexity index is 657. The normalized spacial score (nSPS) is 11.0. The van der Waals surface area contributed by atoms with Gasteiger partial charge in [-0.2, -0.15) is 5.10 Å². The minimum atomic E-state index is 0. The van der Waals surface area contributed by atoms with Gasteiger partial charge in [0.05, 0.1) is 12.3 Å². The van der Waals surface area contributed by atoms with Crippen LogP contribution >= 0.6 is 24.0 Å². The number of ether oxygens (including phenoxy) is 1. The fraction of sp³-hybridized carbons (Fsp3) is 0.474. The first kappa shape index (κ1) is 22.3. The fourth-order valence-corrected chi connectivity index (χ4v) is 2.54. The van der Waals surface area contributed by atoms with Crippen molar-refractivity contribution in [3.05, 3.63) is 47.8 Å². The number of benzene rings is 1. The maximum atomic E-state index is 5.67. The van der Waals surface area contributed by atoms with Gasteiger partial charge in [0.1, 0.15) is 5.75 Å². The highest BCUT2D eigenvalue weighted by molar-refractivity contribution is 14.0. The molecule has 144 valence electrons. The molecule has 0 aliphatic carbocycles. The van der Waals surface area contributed by atoms with E-state index in [0.29, 0.717) is 6.61 Å². The number of nitrogens with zero attached hydrogens (tertiary/aromatic N) is 3. The van der Waals surface area contributed by atoms with Gasteiger partial charge in [-0.15, -0.1) is 24.0 Å². The average molecular weight is 471 g/mol. The minimum absolute atomic E-state index is 0. The van der Waals surface area contributed by atoms with Crippen LogP contribution in [0.3, 0.4) is 0 Å². The first-order valence-corrected chi connectivity index (χ1v) is 8.82. The molecule has 0 spiro atoms. The van der Waals surface area contributed by atoms with E-state index in [1.807, 2.05) is 41.9 Å². The van der Waals surface area contributed by atoms with Crippen LogP contribution in [0.1, 0.15) is 24.2 Å². The Hall–Kier alpha value is -1.77. The lowest BCUT2D eigenvalue weighted by Crippen LogP contribution is -2.38. The van der Waals surface area contributed by atoms with E-state index in [4.69, 9.17) is 4.74 Å². The number of rotatable bonds is 9. The molecule has 0 amide bonds. The Labute approximate surface area is 173 Å². The third kappa shape index (κ3) is 8.07. The lowest BCUT2D eigenvalue weighted by Gasteiger charge is -2.12. The molecular formula is C19H30IN5O. The Kier molecular flexibility index (Phi) is 10.8. The molecule has 1 aromatic heterocycles. The Morgan fingerprint density at radius 3 is 2.42 bits per heavy atom. The van der Waals surface area contributed by atoms with Crippen LogP contribution in [0.5, 0.6) is 5.75 Å². The summed E-state index contributed by atoms with van der Waals surface area (Å²) in [7, 11) is 1.79. The van der Waals surface area contributed by atoms with Crippen molar-refractivity contribution in [3.63, 3.8) is 0 Å². The van der Waals surface area contributed by atoms with E-state index < -0.39 is 0 Å². The van der Waals surface area contributed by atoms with E-state index in [2.05, 4.69) is 33.7 Å². The molecule has 0 unspecified atom stereocenters. The maximum Gasteiger partial charge on any atom is 0.190 e. The molecule has 2 N–H and O–H groups in total. The number of aromatic nitrogens is 2. The van der Waals surface area contributed by atoms with Crippen molar-refractivity contribution >= 4 is 29.9 Å². The van der Waals surface area contributed by atoms with Crippen molar-refractivity contribution in [2.45, 2.75) is 33.2 Å². The van der Waals surface area contributed by atoms with Gasteiger partial charge < -0.3 is 15.4 Å². The van der Waals surface area contributed by atoms with Crippen LogP contribution < -0.4 is 15.4 Å². The highest BCUT2D eigenvalue weighted by Gasteiger charge is 2.01. The lowest BCUT2D eigenvalue weighted by atomic mass is 10.3. The fourth-order valence-electron chi connectivity index (χ4n) is 2.54. The Morgan fingerprint density at radius 1 is 1.12 bits per heavy atom. The number of hydrogen-bond acceptors (Lipinski definition) is 3. The number of guanidine groups is 1. The average Bonchev–Trinajstić information content (AvgIpc) is 2.94. The number of aryl methyl sites for hydroxylation is 3. The van der Waals surface area contributed by atoms with E-state index in [1.165, 1.54) is 5.69 Å². The molecule has 0 bridgehead atoms. The van der Waals surface area contributed by atoms with Crippen LogP contribution in [0.4, 0.5) is 0 Å². The van der Waals surface area contributed by atoms with Crippen molar-refractivity contribution in [3.8, 4) is 5.75 Å². The van der Waals surface area contributed by atoms with Crippen molar-refractivity contribution in [1.82, 2.24) is 20.4 Å². The van der Waals surface area contributed by atoms with Gasteiger partial charge in [-0.1, -0.05) is 18.2 Å². The van der Waals surface area contributed by atoms with Gasteiger partial charge in [-0.25, -0.2) is 0 Å². The highest BCUT2D eigenvalue weighted by Crippen LogP contribution is 2.08. The summed E-state index contributed by atoms with van der Waals surface area (Å²) in [5, 5.41) is 11.1. The van der Waals surface area contributed by atoms with E-state index in [0.717, 1.165) is 49.9 Å². The number of nitrogens with one attached hydrogen (secondary N) is 2. The molecule has 6 nitrogen and oxygen atoms in total. The summed E-state index contributed by atoms with van der Waals surface area (Å²) in [6.45, 7) is 7.39. The third-order valence-corrected chi connectivity index (χ3v) is 3.79. The van der Waals surface area contributed by atoms with Gasteiger partial charge >= 0.3 is 0 Å². The number of aliphatic imine (C=N–C) groups is 1. The smallest absolute Gasteiger partial charge is 0.190 e. The number of hydrogen-bond donors (Lipinski definition) is 2. The van der Waals surface area contributed by atoms with Crippen molar-refractivity contribution < 1.29 is 4.74 Å². The second-order valence-corrected chi connectivity index (χ2v) is 5.94. The molecule has 26 heavy (non-hydrogen) atoms. The van der Waals surface area contributed by atoms with Crippen LogP contribution in [0.25, 0.3) is 0 Å². The Morgan fingerprint density at radius 2 is 1.81 bits per heavy atom. The number of para-hydroxylation sites is 1. The van der Waals surface area contributed by atoms with Gasteiger partial charge in [0.2, 0.25) is 0 Å². The summed E-state index contributed by atoms with van der Waals surface area (Å²) >= 11 is 0. The quantitative estimate of drug-likeness (QED) is 0.255. The predicted octanol–water partition coefficient (Wildman–Crippen LogP) is 3.14. The van der Waals surface area contributed by atoms with E-state index >= 15 is 0 Å². The third-order valence-electron chi connectivity index (χ3n) is 3.79. The van der Waals surface area contributed by atoms with Crippen LogP contribution in [-0.2, 0) is 6.54 Å². The van der Waals surface area contributed by atoms with E-state index in [9.17, 15) is 0 Å². The van der Waals surface area contributed by atoms with Gasteiger partial charge in [0.15, 0.2) is 5.96 Å². The Balaban J connectivity index is 0.00000338. The molecule has 0 fully saturated rings. The van der Waals surface area contributed by atoms with Crippen LogP contribution in [0, 0.1) is 13.8 Å². The monoisotopic (exact) mass is 471 g/mol. The van der Waals surface area contributed by atoms with Crippen molar-refractivity contribution in [2.24, 2.45) is 4.99 Å². The van der Waals surface area contributed by atoms with Gasteiger partial charge in [-0.05, 0) is 44.9 Å². The molecule has 1 heterocycles. The zero-order valence-corrected chi connectivity index (χ0v) is 18.2. The lowest BCUT2D eigenvalue weighted by molar-refractivity contribution is 0.311. The maximum absolute atomic E-state index is 5.67. The van der Waals surface area contributed by atoms with Gasteiger partial charge in [-0.3, -0.25) is 9.67 Å². The molecule has 1 aromatic carbocycles. The summed E-state index contributed by atoms with van der Waals surface area (Å²) in [5.74, 6) is 1.74. The molecule has 7 heteroatoms. The molecule has 0 saturated heterocycles. The summed E-state index contributed by atoms with van der Waals surface area (Å²) in [4.78, 5) is 4.24. The second-order valence-electron chi connectivity index (χ2n) is 5.94. The summed E-state index contributed by atoms with van der Waals surface area (Å²) < 4.78 is 7.72. The van der Waals surface area contributed by atoms with E-state index in [-0.39, 0.29) is 24.0 Å².